The van der Waals surface area contributed by atoms with Gasteiger partial charge in [0.15, 0.2) is 0 Å². The summed E-state index contributed by atoms with van der Waals surface area (Å²) in [5.41, 5.74) is 2.31. The SMILES string of the molecule is CCCN1C(=O)CC2C3CCc4cc(OSN)ccc4C3CCC2(C)C1=O. The first-order valence-electron chi connectivity index (χ1n) is 10.0. The predicted octanol–water partition coefficient (Wildman–Crippen LogP) is 3.82. The summed E-state index contributed by atoms with van der Waals surface area (Å²) in [5.74, 6) is 1.89. The maximum atomic E-state index is 13.2. The monoisotopic (exact) mass is 388 g/mol. The smallest absolute Gasteiger partial charge is 0.235 e. The number of likely N-dealkylation sites (tertiary alicyclic amines) is 1. The van der Waals surface area contributed by atoms with Gasteiger partial charge in [-0.15, -0.1) is 0 Å². The van der Waals surface area contributed by atoms with Gasteiger partial charge in [0, 0.05) is 13.0 Å². The van der Waals surface area contributed by atoms with Gasteiger partial charge >= 0.3 is 0 Å². The number of nitrogens with zero attached hydrogens (tertiary/aromatic N) is 1. The van der Waals surface area contributed by atoms with Gasteiger partial charge in [-0.05, 0) is 73.1 Å². The highest BCUT2D eigenvalue weighted by atomic mass is 32.2. The Labute approximate surface area is 165 Å². The van der Waals surface area contributed by atoms with Crippen LogP contribution in [0.1, 0.15) is 63.0 Å². The van der Waals surface area contributed by atoms with E-state index in [1.54, 1.807) is 0 Å². The summed E-state index contributed by atoms with van der Waals surface area (Å²) in [4.78, 5) is 27.4. The van der Waals surface area contributed by atoms with E-state index in [2.05, 4.69) is 19.1 Å². The first-order valence-corrected chi connectivity index (χ1v) is 10.8. The summed E-state index contributed by atoms with van der Waals surface area (Å²) in [6, 6.07) is 6.24. The van der Waals surface area contributed by atoms with Crippen LogP contribution in [0.4, 0.5) is 0 Å². The molecule has 2 N–H and O–H groups in total. The van der Waals surface area contributed by atoms with Gasteiger partial charge in [-0.1, -0.05) is 19.9 Å². The van der Waals surface area contributed by atoms with Crippen LogP contribution >= 0.6 is 12.2 Å². The normalized spacial score (nSPS) is 32.6. The standard InChI is InChI=1S/C21H28N2O3S/c1-3-10-23-19(24)12-18-17-6-4-13-11-14(26-27-22)5-7-15(13)16(17)8-9-21(18,2)20(23)25/h5,7,11,16-18H,3-4,6,8-10,12,22H2,1-2H3. The Balaban J connectivity index is 1.63. The Morgan fingerprint density at radius 3 is 2.89 bits per heavy atom. The van der Waals surface area contributed by atoms with Crippen molar-refractivity contribution >= 4 is 24.0 Å². The number of hydrogen-bond donors (Lipinski definition) is 1. The fraction of sp³-hybridized carbons (Fsp3) is 0.619. The number of amides is 2. The van der Waals surface area contributed by atoms with Crippen LogP contribution in [0.3, 0.4) is 0 Å². The molecule has 27 heavy (non-hydrogen) atoms. The number of fused-ring (bicyclic) bond motifs is 5. The van der Waals surface area contributed by atoms with Gasteiger partial charge in [0.2, 0.25) is 11.8 Å². The molecule has 2 amide bonds. The number of nitrogens with two attached hydrogens (primary N) is 1. The number of benzene rings is 1. The first kappa shape index (κ1) is 18.8. The second kappa shape index (κ2) is 7.13. The van der Waals surface area contributed by atoms with Gasteiger partial charge in [0.1, 0.15) is 18.0 Å². The summed E-state index contributed by atoms with van der Waals surface area (Å²) in [6.07, 6.45) is 5.22. The molecule has 4 rings (SSSR count). The molecule has 3 aliphatic rings. The third kappa shape index (κ3) is 2.97. The zero-order chi connectivity index (χ0) is 19.2. The lowest BCUT2D eigenvalue weighted by atomic mass is 9.52. The van der Waals surface area contributed by atoms with E-state index in [0.717, 1.165) is 50.1 Å². The highest BCUT2D eigenvalue weighted by Gasteiger charge is 2.57. The number of aryl methyl sites for hydroxylation is 1. The second-order valence-corrected chi connectivity index (χ2v) is 8.83. The predicted molar refractivity (Wildman–Crippen MR) is 106 cm³/mol. The van der Waals surface area contributed by atoms with Crippen molar-refractivity contribution < 1.29 is 13.8 Å². The van der Waals surface area contributed by atoms with Crippen molar-refractivity contribution in [3.8, 4) is 5.75 Å². The molecule has 0 aromatic heterocycles. The maximum absolute atomic E-state index is 13.2. The molecule has 0 radical (unpaired) electrons. The summed E-state index contributed by atoms with van der Waals surface area (Å²) in [5, 5.41) is 5.42. The van der Waals surface area contributed by atoms with Gasteiger partial charge in [0.05, 0.1) is 5.41 Å². The Hall–Kier alpha value is -1.53. The van der Waals surface area contributed by atoms with E-state index >= 15 is 0 Å². The average molecular weight is 389 g/mol. The summed E-state index contributed by atoms with van der Waals surface area (Å²) < 4.78 is 5.37. The van der Waals surface area contributed by atoms with Gasteiger partial charge in [-0.2, -0.15) is 0 Å². The molecule has 1 saturated carbocycles. The fourth-order valence-corrected chi connectivity index (χ4v) is 6.01. The minimum absolute atomic E-state index is 0.0273. The van der Waals surface area contributed by atoms with Gasteiger partial charge in [0.25, 0.3) is 0 Å². The molecule has 146 valence electrons. The Bertz CT molecular complexity index is 768. The quantitative estimate of drug-likeness (QED) is 0.482. The van der Waals surface area contributed by atoms with Crippen LogP contribution in [0.2, 0.25) is 0 Å². The molecular weight excluding hydrogens is 360 g/mol. The molecule has 2 fully saturated rings. The number of rotatable bonds is 4. The fourth-order valence-electron chi connectivity index (χ4n) is 5.80. The molecule has 1 saturated heterocycles. The molecular formula is C21H28N2O3S. The average Bonchev–Trinajstić information content (AvgIpc) is 2.66. The lowest BCUT2D eigenvalue weighted by Crippen LogP contribution is -2.59. The van der Waals surface area contributed by atoms with Crippen LogP contribution in [0.15, 0.2) is 18.2 Å². The van der Waals surface area contributed by atoms with Crippen molar-refractivity contribution in [2.45, 2.75) is 58.3 Å². The first-order chi connectivity index (χ1) is 13.0. The zero-order valence-electron chi connectivity index (χ0n) is 16.1. The van der Waals surface area contributed by atoms with Gasteiger partial charge in [-0.3, -0.25) is 14.5 Å². The van der Waals surface area contributed by atoms with Gasteiger partial charge < -0.3 is 4.18 Å². The second-order valence-electron chi connectivity index (χ2n) is 8.47. The topological polar surface area (TPSA) is 72.6 Å². The molecule has 5 nitrogen and oxygen atoms in total. The molecule has 1 heterocycles. The molecule has 4 atom stereocenters. The number of piperidine rings is 1. The summed E-state index contributed by atoms with van der Waals surface area (Å²) in [7, 11) is 0. The highest BCUT2D eigenvalue weighted by Crippen LogP contribution is 2.58. The van der Waals surface area contributed by atoms with Crippen LogP contribution in [-0.4, -0.2) is 23.3 Å². The molecule has 0 spiro atoms. The number of carbonyl (C=O) groups excluding carboxylic acids is 2. The van der Waals surface area contributed by atoms with Crippen LogP contribution in [0.5, 0.6) is 5.75 Å². The van der Waals surface area contributed by atoms with Crippen molar-refractivity contribution in [2.24, 2.45) is 22.4 Å². The van der Waals surface area contributed by atoms with E-state index < -0.39 is 0 Å². The van der Waals surface area contributed by atoms with Crippen molar-refractivity contribution in [1.82, 2.24) is 4.90 Å². The van der Waals surface area contributed by atoms with Crippen LogP contribution in [-0.2, 0) is 16.0 Å². The molecule has 4 unspecified atom stereocenters. The maximum Gasteiger partial charge on any atom is 0.235 e. The summed E-state index contributed by atoms with van der Waals surface area (Å²) >= 11 is 0.867. The molecule has 1 aliphatic heterocycles. The van der Waals surface area contributed by atoms with E-state index in [1.165, 1.54) is 16.0 Å². The Kier molecular flexibility index (Phi) is 4.97. The zero-order valence-corrected chi connectivity index (χ0v) is 16.9. The minimum Gasteiger partial charge on any atom is -0.410 e. The third-order valence-electron chi connectivity index (χ3n) is 7.11. The van der Waals surface area contributed by atoms with Crippen LogP contribution in [0, 0.1) is 17.3 Å². The van der Waals surface area contributed by atoms with Crippen LogP contribution < -0.4 is 9.32 Å². The number of carbonyl (C=O) groups is 2. The van der Waals surface area contributed by atoms with Crippen molar-refractivity contribution in [1.29, 1.82) is 0 Å². The van der Waals surface area contributed by atoms with E-state index in [4.69, 9.17) is 9.32 Å². The van der Waals surface area contributed by atoms with Crippen molar-refractivity contribution in [3.63, 3.8) is 0 Å². The Morgan fingerprint density at radius 2 is 2.15 bits per heavy atom. The third-order valence-corrected chi connectivity index (χ3v) is 7.40. The molecule has 1 aromatic rings. The summed E-state index contributed by atoms with van der Waals surface area (Å²) in [6.45, 7) is 4.68. The Morgan fingerprint density at radius 1 is 1.33 bits per heavy atom. The van der Waals surface area contributed by atoms with Crippen LogP contribution in [0.25, 0.3) is 0 Å². The molecule has 6 heteroatoms. The minimum atomic E-state index is -0.388. The molecule has 2 aliphatic carbocycles. The van der Waals surface area contributed by atoms with Crippen molar-refractivity contribution in [3.05, 3.63) is 29.3 Å². The van der Waals surface area contributed by atoms with E-state index in [1.807, 2.05) is 13.0 Å². The van der Waals surface area contributed by atoms with E-state index in [0.29, 0.717) is 24.8 Å². The van der Waals surface area contributed by atoms with Gasteiger partial charge in [-0.25, -0.2) is 5.14 Å². The van der Waals surface area contributed by atoms with Crippen molar-refractivity contribution in [2.75, 3.05) is 6.54 Å². The lowest BCUT2D eigenvalue weighted by Gasteiger charge is -2.54. The van der Waals surface area contributed by atoms with E-state index in [9.17, 15) is 9.59 Å². The number of imide groups is 1. The highest BCUT2D eigenvalue weighted by molar-refractivity contribution is 7.92. The van der Waals surface area contributed by atoms with E-state index in [-0.39, 0.29) is 23.1 Å². The molecule has 1 aromatic carbocycles. The number of hydrogen-bond acceptors (Lipinski definition) is 5. The largest absolute Gasteiger partial charge is 0.410 e. The molecule has 0 bridgehead atoms. The lowest BCUT2D eigenvalue weighted by molar-refractivity contribution is -0.167.